The van der Waals surface area contributed by atoms with Crippen LogP contribution in [0.25, 0.3) is 0 Å². The molecule has 1 aliphatic heterocycles. The largest absolute Gasteiger partial charge is 0.388 e. The first kappa shape index (κ1) is 19.4. The van der Waals surface area contributed by atoms with E-state index in [1.54, 1.807) is 0 Å². The fraction of sp³-hybridized carbons (Fsp3) is 0.812. The summed E-state index contributed by atoms with van der Waals surface area (Å²) in [5.74, 6) is 2.70. The third-order valence-electron chi connectivity index (χ3n) is 4.71. The van der Waals surface area contributed by atoms with E-state index in [0.717, 1.165) is 69.2 Å². The van der Waals surface area contributed by atoms with Gasteiger partial charge < -0.3 is 15.7 Å². The van der Waals surface area contributed by atoms with Gasteiger partial charge in [0.25, 0.3) is 0 Å². The number of nitrogens with one attached hydrogen (secondary N) is 2. The molecule has 0 spiro atoms. The van der Waals surface area contributed by atoms with Crippen LogP contribution in [-0.4, -0.2) is 50.6 Å². The minimum absolute atomic E-state index is 0. The molecular weight excluding hydrogens is 419 g/mol. The summed E-state index contributed by atoms with van der Waals surface area (Å²) in [6, 6.07) is 0.291. The molecule has 1 atom stereocenters. The second-order valence-corrected chi connectivity index (χ2v) is 6.76. The monoisotopic (exact) mass is 448 g/mol. The maximum Gasteiger partial charge on any atom is 0.191 e. The summed E-state index contributed by atoms with van der Waals surface area (Å²) in [5.41, 5.74) is -0.606. The molecule has 24 heavy (non-hydrogen) atoms. The van der Waals surface area contributed by atoms with Gasteiger partial charge in [0, 0.05) is 19.0 Å². The van der Waals surface area contributed by atoms with Gasteiger partial charge in [0.2, 0.25) is 0 Å². The van der Waals surface area contributed by atoms with Crippen LogP contribution < -0.4 is 10.6 Å². The smallest absolute Gasteiger partial charge is 0.191 e. The van der Waals surface area contributed by atoms with Gasteiger partial charge in [-0.3, -0.25) is 4.99 Å². The maximum atomic E-state index is 10.5. The normalized spacial score (nSPS) is 22.6. The zero-order valence-corrected chi connectivity index (χ0v) is 16.9. The topological polar surface area (TPSA) is 87.4 Å². The number of rotatable bonds is 4. The highest BCUT2D eigenvalue weighted by molar-refractivity contribution is 14.0. The molecule has 1 fully saturated rings. The van der Waals surface area contributed by atoms with Crippen molar-refractivity contribution >= 4 is 29.9 Å². The second kappa shape index (κ2) is 8.46. The molecule has 1 unspecified atom stereocenters. The summed E-state index contributed by atoms with van der Waals surface area (Å²) < 4.78 is 1.99. The van der Waals surface area contributed by atoms with Crippen LogP contribution in [0.15, 0.2) is 4.99 Å². The molecule has 1 aromatic heterocycles. The van der Waals surface area contributed by atoms with Crippen molar-refractivity contribution in [2.45, 2.75) is 70.6 Å². The number of halogens is 1. The number of aromatic nitrogens is 3. The number of hydrogen-bond donors (Lipinski definition) is 3. The van der Waals surface area contributed by atoms with Crippen molar-refractivity contribution in [3.63, 3.8) is 0 Å². The van der Waals surface area contributed by atoms with E-state index in [0.29, 0.717) is 12.6 Å². The van der Waals surface area contributed by atoms with Crippen LogP contribution in [0.5, 0.6) is 0 Å². The van der Waals surface area contributed by atoms with E-state index in [4.69, 9.17) is 0 Å². The van der Waals surface area contributed by atoms with Gasteiger partial charge in [-0.1, -0.05) is 12.8 Å². The van der Waals surface area contributed by atoms with Crippen LogP contribution in [0.1, 0.15) is 50.7 Å². The van der Waals surface area contributed by atoms with Crippen LogP contribution in [0.4, 0.5) is 0 Å². The predicted molar refractivity (Wildman–Crippen MR) is 105 cm³/mol. The molecule has 1 aliphatic carbocycles. The lowest BCUT2D eigenvalue weighted by Crippen LogP contribution is -2.47. The zero-order chi connectivity index (χ0) is 16.3. The van der Waals surface area contributed by atoms with Gasteiger partial charge >= 0.3 is 0 Å². The van der Waals surface area contributed by atoms with E-state index in [1.165, 1.54) is 0 Å². The number of aliphatic hydroxyl groups is 1. The van der Waals surface area contributed by atoms with E-state index in [1.807, 2.05) is 11.6 Å². The van der Waals surface area contributed by atoms with Gasteiger partial charge in [0.05, 0.1) is 18.7 Å². The van der Waals surface area contributed by atoms with Gasteiger partial charge in [-0.25, -0.2) is 9.67 Å². The van der Waals surface area contributed by atoms with E-state index in [-0.39, 0.29) is 24.0 Å². The van der Waals surface area contributed by atoms with Gasteiger partial charge in [0.1, 0.15) is 11.6 Å². The average Bonchev–Trinajstić information content (AvgIpc) is 3.10. The first-order chi connectivity index (χ1) is 11.1. The summed E-state index contributed by atoms with van der Waals surface area (Å²) in [6.45, 7) is 6.08. The van der Waals surface area contributed by atoms with Gasteiger partial charge in [-0.15, -0.1) is 24.0 Å². The Balaban J connectivity index is 0.00000208. The van der Waals surface area contributed by atoms with Crippen LogP contribution in [-0.2, 0) is 13.0 Å². The lowest BCUT2D eigenvalue weighted by Gasteiger charge is -2.26. The average molecular weight is 448 g/mol. The van der Waals surface area contributed by atoms with E-state index in [2.05, 4.69) is 32.6 Å². The van der Waals surface area contributed by atoms with Crippen LogP contribution in [0.3, 0.4) is 0 Å². The molecule has 0 radical (unpaired) electrons. The fourth-order valence-corrected chi connectivity index (χ4v) is 3.48. The Bertz CT molecular complexity index is 567. The molecule has 2 aliphatic rings. The Morgan fingerprint density at radius 1 is 1.42 bits per heavy atom. The molecule has 1 aromatic rings. The molecule has 1 saturated carbocycles. The molecule has 7 nitrogen and oxygen atoms in total. The first-order valence-corrected chi connectivity index (χ1v) is 8.75. The molecule has 0 saturated heterocycles. The highest BCUT2D eigenvalue weighted by Gasteiger charge is 2.31. The van der Waals surface area contributed by atoms with E-state index >= 15 is 0 Å². The minimum Gasteiger partial charge on any atom is -0.388 e. The molecule has 0 amide bonds. The first-order valence-electron chi connectivity index (χ1n) is 8.75. The van der Waals surface area contributed by atoms with Gasteiger partial charge in [0.15, 0.2) is 5.96 Å². The summed E-state index contributed by atoms with van der Waals surface area (Å²) in [4.78, 5) is 9.07. The van der Waals surface area contributed by atoms with Gasteiger partial charge in [-0.2, -0.15) is 5.10 Å². The molecule has 136 valence electrons. The number of nitrogens with zero attached hydrogens (tertiary/aromatic N) is 4. The quantitative estimate of drug-likeness (QED) is 0.368. The Morgan fingerprint density at radius 3 is 2.88 bits per heavy atom. The third-order valence-corrected chi connectivity index (χ3v) is 4.71. The van der Waals surface area contributed by atoms with Crippen LogP contribution >= 0.6 is 24.0 Å². The second-order valence-electron chi connectivity index (χ2n) is 6.76. The van der Waals surface area contributed by atoms with Crippen molar-refractivity contribution in [2.75, 3.05) is 13.1 Å². The Labute approximate surface area is 160 Å². The number of fused-ring (bicyclic) bond motifs is 1. The Kier molecular flexibility index (Phi) is 6.85. The lowest BCUT2D eigenvalue weighted by atomic mass is 10.0. The van der Waals surface area contributed by atoms with Crippen molar-refractivity contribution in [1.82, 2.24) is 25.4 Å². The van der Waals surface area contributed by atoms with Crippen molar-refractivity contribution in [2.24, 2.45) is 4.99 Å². The Hall–Kier alpha value is -0.900. The summed E-state index contributed by atoms with van der Waals surface area (Å²) >= 11 is 0. The maximum absolute atomic E-state index is 10.5. The highest BCUT2D eigenvalue weighted by atomic mass is 127. The SMILES string of the molecule is CCNC(=NCC1(O)CCCC1)NC1CCc2nc(C)nn2C1.I. The molecule has 3 rings (SSSR count). The number of aliphatic imine (C=N–C) groups is 1. The molecule has 0 aromatic carbocycles. The fourth-order valence-electron chi connectivity index (χ4n) is 3.48. The lowest BCUT2D eigenvalue weighted by molar-refractivity contribution is 0.0574. The summed E-state index contributed by atoms with van der Waals surface area (Å²) in [5, 5.41) is 21.7. The standard InChI is InChI=1S/C16H28N6O.HI/c1-3-17-15(18-11-16(23)8-4-5-9-16)20-13-6-7-14-19-12(2)21-22(14)10-13;/h13,23H,3-11H2,1-2H3,(H2,17,18,20);1H. The van der Waals surface area contributed by atoms with E-state index in [9.17, 15) is 5.11 Å². The van der Waals surface area contributed by atoms with Crippen molar-refractivity contribution in [1.29, 1.82) is 0 Å². The summed E-state index contributed by atoms with van der Waals surface area (Å²) in [7, 11) is 0. The predicted octanol–water partition coefficient (Wildman–Crippen LogP) is 1.38. The number of hydrogen-bond acceptors (Lipinski definition) is 4. The summed E-state index contributed by atoms with van der Waals surface area (Å²) in [6.07, 6.45) is 5.89. The van der Waals surface area contributed by atoms with Crippen molar-refractivity contribution < 1.29 is 5.11 Å². The van der Waals surface area contributed by atoms with E-state index < -0.39 is 5.60 Å². The van der Waals surface area contributed by atoms with Gasteiger partial charge in [-0.05, 0) is 33.1 Å². The Morgan fingerprint density at radius 2 is 2.17 bits per heavy atom. The molecule has 8 heteroatoms. The molecular formula is C16H29IN6O. The van der Waals surface area contributed by atoms with Crippen molar-refractivity contribution in [3.05, 3.63) is 11.6 Å². The number of aryl methyl sites for hydroxylation is 2. The zero-order valence-electron chi connectivity index (χ0n) is 14.6. The molecule has 0 bridgehead atoms. The van der Waals surface area contributed by atoms with Crippen LogP contribution in [0, 0.1) is 6.92 Å². The minimum atomic E-state index is -0.606. The number of guanidine groups is 1. The molecule has 2 heterocycles. The molecule has 3 N–H and O–H groups in total. The van der Waals surface area contributed by atoms with Crippen molar-refractivity contribution in [3.8, 4) is 0 Å². The highest BCUT2D eigenvalue weighted by Crippen LogP contribution is 2.29. The third kappa shape index (κ3) is 4.81. The van der Waals surface area contributed by atoms with Crippen LogP contribution in [0.2, 0.25) is 0 Å².